The number of hydrogen-bond donors (Lipinski definition) is 1. The Labute approximate surface area is 110 Å². The summed E-state index contributed by atoms with van der Waals surface area (Å²) in [7, 11) is 0. The summed E-state index contributed by atoms with van der Waals surface area (Å²) >= 11 is 0. The smallest absolute Gasteiger partial charge is 0.308 e. The minimum Gasteiger partial charge on any atom is -0.481 e. The molecule has 100 valence electrons. The minimum absolute atomic E-state index is 0.313. The van der Waals surface area contributed by atoms with Crippen LogP contribution in [0.1, 0.15) is 18.7 Å². The zero-order valence-corrected chi connectivity index (χ0v) is 10.8. The SMILES string of the molecule is Cc1nnc(N2CCC[C@@H](C(=O)O)C2)c2cccn12. The number of fused-ring (bicyclic) bond motifs is 1. The third-order valence-electron chi connectivity index (χ3n) is 3.69. The first-order chi connectivity index (χ1) is 9.16. The molecule has 1 saturated heterocycles. The predicted octanol–water partition coefficient (Wildman–Crippen LogP) is 1.34. The van der Waals surface area contributed by atoms with Crippen LogP contribution in [0.2, 0.25) is 0 Å². The van der Waals surface area contributed by atoms with Gasteiger partial charge in [-0.15, -0.1) is 10.2 Å². The summed E-state index contributed by atoms with van der Waals surface area (Å²) in [6.07, 6.45) is 3.56. The van der Waals surface area contributed by atoms with Crippen molar-refractivity contribution in [2.75, 3.05) is 18.0 Å². The van der Waals surface area contributed by atoms with E-state index >= 15 is 0 Å². The molecule has 0 radical (unpaired) electrons. The molecular formula is C13H16N4O2. The number of aryl methyl sites for hydroxylation is 1. The Hall–Kier alpha value is -2.11. The summed E-state index contributed by atoms with van der Waals surface area (Å²) in [4.78, 5) is 13.2. The lowest BCUT2D eigenvalue weighted by molar-refractivity contribution is -0.141. The number of rotatable bonds is 2. The number of aliphatic carboxylic acids is 1. The van der Waals surface area contributed by atoms with E-state index in [4.69, 9.17) is 5.11 Å². The highest BCUT2D eigenvalue weighted by Crippen LogP contribution is 2.25. The first kappa shape index (κ1) is 12.0. The van der Waals surface area contributed by atoms with Crippen LogP contribution in [0.5, 0.6) is 0 Å². The van der Waals surface area contributed by atoms with E-state index in [1.807, 2.05) is 34.6 Å². The van der Waals surface area contributed by atoms with Gasteiger partial charge in [0.2, 0.25) is 0 Å². The number of hydrogen-bond acceptors (Lipinski definition) is 4. The first-order valence-corrected chi connectivity index (χ1v) is 6.45. The Balaban J connectivity index is 1.98. The molecular weight excluding hydrogens is 244 g/mol. The molecule has 2 aromatic rings. The fraction of sp³-hybridized carbons (Fsp3) is 0.462. The summed E-state index contributed by atoms with van der Waals surface area (Å²) in [5.74, 6) is 0.570. The fourth-order valence-electron chi connectivity index (χ4n) is 2.66. The van der Waals surface area contributed by atoms with Crippen molar-refractivity contribution in [3.63, 3.8) is 0 Å². The average Bonchev–Trinajstić information content (AvgIpc) is 2.89. The molecule has 1 aliphatic rings. The molecule has 0 bridgehead atoms. The lowest BCUT2D eigenvalue weighted by Crippen LogP contribution is -2.39. The van der Waals surface area contributed by atoms with Gasteiger partial charge < -0.3 is 14.4 Å². The molecule has 1 aliphatic heterocycles. The van der Waals surface area contributed by atoms with Crippen molar-refractivity contribution in [1.82, 2.24) is 14.6 Å². The second kappa shape index (κ2) is 4.53. The van der Waals surface area contributed by atoms with Crippen LogP contribution in [0.3, 0.4) is 0 Å². The van der Waals surface area contributed by atoms with Crippen molar-refractivity contribution in [2.24, 2.45) is 5.92 Å². The molecule has 0 aliphatic carbocycles. The summed E-state index contributed by atoms with van der Waals surface area (Å²) < 4.78 is 1.98. The molecule has 6 heteroatoms. The van der Waals surface area contributed by atoms with Gasteiger partial charge in [0.05, 0.1) is 11.4 Å². The van der Waals surface area contributed by atoms with E-state index in [-0.39, 0.29) is 5.92 Å². The van der Waals surface area contributed by atoms with Gasteiger partial charge in [-0.05, 0) is 31.9 Å². The molecule has 0 amide bonds. The largest absolute Gasteiger partial charge is 0.481 e. The quantitative estimate of drug-likeness (QED) is 0.882. The maximum atomic E-state index is 11.1. The van der Waals surface area contributed by atoms with E-state index in [1.54, 1.807) is 0 Å². The highest BCUT2D eigenvalue weighted by molar-refractivity contribution is 5.73. The van der Waals surface area contributed by atoms with Crippen LogP contribution in [0, 0.1) is 12.8 Å². The summed E-state index contributed by atoms with van der Waals surface area (Å²) in [5, 5.41) is 17.6. The van der Waals surface area contributed by atoms with E-state index in [0.717, 1.165) is 36.5 Å². The highest BCUT2D eigenvalue weighted by Gasteiger charge is 2.27. The van der Waals surface area contributed by atoms with Crippen LogP contribution in [-0.4, -0.2) is 38.8 Å². The number of piperidine rings is 1. The molecule has 0 aromatic carbocycles. The lowest BCUT2D eigenvalue weighted by atomic mass is 9.98. The molecule has 3 rings (SSSR count). The Bertz CT molecular complexity index is 622. The Morgan fingerprint density at radius 3 is 3.11 bits per heavy atom. The van der Waals surface area contributed by atoms with Gasteiger partial charge in [-0.1, -0.05) is 0 Å². The van der Waals surface area contributed by atoms with Gasteiger partial charge in [-0.25, -0.2) is 0 Å². The van der Waals surface area contributed by atoms with E-state index in [1.165, 1.54) is 0 Å². The van der Waals surface area contributed by atoms with Gasteiger partial charge in [0.25, 0.3) is 0 Å². The van der Waals surface area contributed by atoms with Gasteiger partial charge >= 0.3 is 5.97 Å². The maximum absolute atomic E-state index is 11.1. The number of anilines is 1. The molecule has 1 N–H and O–H groups in total. The summed E-state index contributed by atoms with van der Waals surface area (Å²) in [5.41, 5.74) is 0.985. The van der Waals surface area contributed by atoms with Crippen LogP contribution in [0.4, 0.5) is 5.82 Å². The van der Waals surface area contributed by atoms with Crippen molar-refractivity contribution in [2.45, 2.75) is 19.8 Å². The van der Waals surface area contributed by atoms with E-state index < -0.39 is 5.97 Å². The Morgan fingerprint density at radius 1 is 1.47 bits per heavy atom. The second-order valence-corrected chi connectivity index (χ2v) is 4.96. The third-order valence-corrected chi connectivity index (χ3v) is 3.69. The molecule has 0 unspecified atom stereocenters. The van der Waals surface area contributed by atoms with E-state index in [2.05, 4.69) is 10.2 Å². The molecule has 1 atom stereocenters. The number of nitrogens with zero attached hydrogens (tertiary/aromatic N) is 4. The second-order valence-electron chi connectivity index (χ2n) is 4.96. The van der Waals surface area contributed by atoms with Crippen molar-refractivity contribution < 1.29 is 9.90 Å². The fourth-order valence-corrected chi connectivity index (χ4v) is 2.66. The predicted molar refractivity (Wildman–Crippen MR) is 70.3 cm³/mol. The number of carboxylic acids is 1. The van der Waals surface area contributed by atoms with Crippen LogP contribution in [0.25, 0.3) is 5.52 Å². The molecule has 19 heavy (non-hydrogen) atoms. The molecule has 1 fully saturated rings. The lowest BCUT2D eigenvalue weighted by Gasteiger charge is -2.31. The Kier molecular flexibility index (Phi) is 2.85. The zero-order chi connectivity index (χ0) is 13.4. The highest BCUT2D eigenvalue weighted by atomic mass is 16.4. The van der Waals surface area contributed by atoms with Gasteiger partial charge in [0.15, 0.2) is 5.82 Å². The van der Waals surface area contributed by atoms with Crippen LogP contribution >= 0.6 is 0 Å². The van der Waals surface area contributed by atoms with E-state index in [0.29, 0.717) is 6.54 Å². The molecule has 0 saturated carbocycles. The molecule has 3 heterocycles. The standard InChI is InChI=1S/C13H16N4O2/c1-9-14-15-12(11-5-3-7-17(9)11)16-6-2-4-10(8-16)13(18)19/h3,5,7,10H,2,4,6,8H2,1H3,(H,18,19)/t10-/m1/s1. The van der Waals surface area contributed by atoms with E-state index in [9.17, 15) is 4.79 Å². The monoisotopic (exact) mass is 260 g/mol. The zero-order valence-electron chi connectivity index (χ0n) is 10.8. The normalized spacial score (nSPS) is 19.8. The number of carboxylic acid groups (broad SMARTS) is 1. The van der Waals surface area contributed by atoms with Crippen molar-refractivity contribution >= 4 is 17.3 Å². The summed E-state index contributed by atoms with van der Waals surface area (Å²) in [6.45, 7) is 3.25. The maximum Gasteiger partial charge on any atom is 0.308 e. The first-order valence-electron chi connectivity index (χ1n) is 6.45. The van der Waals surface area contributed by atoms with Crippen molar-refractivity contribution in [3.8, 4) is 0 Å². The number of aromatic nitrogens is 3. The van der Waals surface area contributed by atoms with Gasteiger partial charge in [-0.2, -0.15) is 0 Å². The van der Waals surface area contributed by atoms with Crippen molar-refractivity contribution in [3.05, 3.63) is 24.2 Å². The molecule has 0 spiro atoms. The molecule has 6 nitrogen and oxygen atoms in total. The average molecular weight is 260 g/mol. The van der Waals surface area contributed by atoms with Crippen LogP contribution in [0.15, 0.2) is 18.3 Å². The van der Waals surface area contributed by atoms with Gasteiger partial charge in [0, 0.05) is 19.3 Å². The van der Waals surface area contributed by atoms with Gasteiger partial charge in [-0.3, -0.25) is 4.79 Å². The van der Waals surface area contributed by atoms with Crippen LogP contribution < -0.4 is 4.90 Å². The summed E-state index contributed by atoms with van der Waals surface area (Å²) in [6, 6.07) is 3.94. The van der Waals surface area contributed by atoms with Gasteiger partial charge in [0.1, 0.15) is 5.82 Å². The minimum atomic E-state index is -0.726. The Morgan fingerprint density at radius 2 is 2.32 bits per heavy atom. The third kappa shape index (κ3) is 2.03. The van der Waals surface area contributed by atoms with Crippen LogP contribution in [-0.2, 0) is 4.79 Å². The topological polar surface area (TPSA) is 70.7 Å². The number of carbonyl (C=O) groups is 1. The molecule has 2 aromatic heterocycles. The van der Waals surface area contributed by atoms with Crippen molar-refractivity contribution in [1.29, 1.82) is 0 Å².